The summed E-state index contributed by atoms with van der Waals surface area (Å²) < 4.78 is 36.2. The van der Waals surface area contributed by atoms with Crippen LogP contribution in [-0.2, 0) is 16.4 Å². The molecule has 0 radical (unpaired) electrons. The Balaban J connectivity index is 1.46. The fourth-order valence-electron chi connectivity index (χ4n) is 2.75. The topological polar surface area (TPSA) is 116 Å². The van der Waals surface area contributed by atoms with Crippen molar-refractivity contribution in [3.8, 4) is 11.5 Å². The fourth-order valence-corrected chi connectivity index (χ4v) is 4.03. The molecule has 2 heterocycles. The number of sulfone groups is 1. The number of nitrogens with one attached hydrogen (secondary N) is 1. The van der Waals surface area contributed by atoms with E-state index in [1.807, 2.05) is 0 Å². The Kier molecular flexibility index (Phi) is 5.05. The van der Waals surface area contributed by atoms with Gasteiger partial charge in [0, 0.05) is 24.1 Å². The number of aliphatic imine (C=N–C) groups is 1. The second-order valence-corrected chi connectivity index (χ2v) is 8.17. The minimum Gasteiger partial charge on any atom is -0.454 e. The number of rotatable bonds is 5. The van der Waals surface area contributed by atoms with Crippen LogP contribution >= 0.6 is 0 Å². The first-order valence-electron chi connectivity index (χ1n) is 8.73. The van der Waals surface area contributed by atoms with Crippen LogP contribution < -0.4 is 20.5 Å². The summed E-state index contributed by atoms with van der Waals surface area (Å²) >= 11 is 0. The van der Waals surface area contributed by atoms with Crippen molar-refractivity contribution < 1.29 is 17.9 Å². The lowest BCUT2D eigenvalue weighted by Gasteiger charge is -2.07. The van der Waals surface area contributed by atoms with E-state index < -0.39 is 9.84 Å². The maximum atomic E-state index is 12.9. The molecule has 0 amide bonds. The third-order valence-corrected chi connectivity index (χ3v) is 6.04. The zero-order chi connectivity index (χ0) is 20.3. The van der Waals surface area contributed by atoms with Gasteiger partial charge in [0.25, 0.3) is 0 Å². The normalized spacial score (nSPS) is 13.3. The van der Waals surface area contributed by atoms with Gasteiger partial charge < -0.3 is 20.5 Å². The van der Waals surface area contributed by atoms with Crippen LogP contribution in [0.3, 0.4) is 0 Å². The largest absolute Gasteiger partial charge is 0.454 e. The zero-order valence-electron chi connectivity index (χ0n) is 15.3. The summed E-state index contributed by atoms with van der Waals surface area (Å²) in [5.41, 5.74) is 7.49. The van der Waals surface area contributed by atoms with Crippen LogP contribution in [0.2, 0.25) is 0 Å². The highest BCUT2D eigenvalue weighted by atomic mass is 32.2. The molecule has 3 N–H and O–H groups in total. The molecule has 0 aliphatic carbocycles. The number of benzene rings is 2. The van der Waals surface area contributed by atoms with Gasteiger partial charge in [0.15, 0.2) is 17.5 Å². The Bertz CT molecular complexity index is 1150. The number of ether oxygens (including phenoxy) is 2. The number of anilines is 1. The molecule has 2 aromatic carbocycles. The fraction of sp³-hybridized carbons (Fsp3) is 0.100. The lowest BCUT2D eigenvalue weighted by molar-refractivity contribution is 0.174. The molecule has 0 saturated heterocycles. The van der Waals surface area contributed by atoms with Gasteiger partial charge in [-0.15, -0.1) is 0 Å². The molecule has 29 heavy (non-hydrogen) atoms. The van der Waals surface area contributed by atoms with Crippen molar-refractivity contribution in [3.63, 3.8) is 0 Å². The van der Waals surface area contributed by atoms with Gasteiger partial charge in [0.1, 0.15) is 0 Å². The van der Waals surface area contributed by atoms with E-state index in [2.05, 4.69) is 15.3 Å². The van der Waals surface area contributed by atoms with E-state index in [-0.39, 0.29) is 22.5 Å². The number of hydrogen-bond donors (Lipinski definition) is 2. The highest BCUT2D eigenvalue weighted by Gasteiger charge is 2.22. The lowest BCUT2D eigenvalue weighted by atomic mass is 10.2. The van der Waals surface area contributed by atoms with Crippen molar-refractivity contribution >= 4 is 21.5 Å². The average molecular weight is 410 g/mol. The van der Waals surface area contributed by atoms with Crippen LogP contribution in [0, 0.1) is 0 Å². The van der Waals surface area contributed by atoms with Crippen molar-refractivity contribution in [3.05, 3.63) is 72.6 Å². The third-order valence-electron chi connectivity index (χ3n) is 4.27. The van der Waals surface area contributed by atoms with Crippen molar-refractivity contribution in [1.82, 2.24) is 4.98 Å². The van der Waals surface area contributed by atoms with E-state index in [0.29, 0.717) is 18.0 Å². The molecule has 0 bridgehead atoms. The summed E-state index contributed by atoms with van der Waals surface area (Å²) in [6.45, 7) is 0.404. The number of nitrogens with zero attached hydrogens (tertiary/aromatic N) is 2. The minimum atomic E-state index is -3.66. The molecule has 0 atom stereocenters. The van der Waals surface area contributed by atoms with Crippen LogP contribution in [0.5, 0.6) is 11.5 Å². The van der Waals surface area contributed by atoms with Crippen LogP contribution in [-0.4, -0.2) is 26.2 Å². The smallest absolute Gasteiger partial charge is 0.231 e. The van der Waals surface area contributed by atoms with E-state index in [4.69, 9.17) is 15.2 Å². The van der Waals surface area contributed by atoms with E-state index in [1.165, 1.54) is 12.1 Å². The maximum Gasteiger partial charge on any atom is 0.231 e. The Morgan fingerprint density at radius 1 is 1.00 bits per heavy atom. The lowest BCUT2D eigenvalue weighted by Crippen LogP contribution is -2.22. The monoisotopic (exact) mass is 410 g/mol. The molecule has 9 heteroatoms. The number of hydrogen-bond acceptors (Lipinski definition) is 6. The predicted octanol–water partition coefficient (Wildman–Crippen LogP) is 2.57. The van der Waals surface area contributed by atoms with Gasteiger partial charge in [-0.05, 0) is 42.0 Å². The molecule has 0 unspecified atom stereocenters. The molecular formula is C20H18N4O4S. The van der Waals surface area contributed by atoms with Crippen molar-refractivity contribution in [2.75, 3.05) is 12.1 Å². The number of guanidine groups is 1. The van der Waals surface area contributed by atoms with Crippen LogP contribution in [0.1, 0.15) is 5.56 Å². The second kappa shape index (κ2) is 7.80. The Morgan fingerprint density at radius 3 is 2.45 bits per heavy atom. The van der Waals surface area contributed by atoms with Gasteiger partial charge in [-0.2, -0.15) is 0 Å². The summed E-state index contributed by atoms with van der Waals surface area (Å²) in [6.07, 6.45) is 3.30. The molecule has 8 nitrogen and oxygen atoms in total. The molecule has 0 saturated carbocycles. The zero-order valence-corrected chi connectivity index (χ0v) is 16.1. The highest BCUT2D eigenvalue weighted by molar-refractivity contribution is 7.91. The Morgan fingerprint density at radius 2 is 1.69 bits per heavy atom. The number of fused-ring (bicyclic) bond motifs is 1. The Hall–Kier alpha value is -3.59. The van der Waals surface area contributed by atoms with Crippen molar-refractivity contribution in [2.45, 2.75) is 16.3 Å². The molecule has 0 fully saturated rings. The van der Waals surface area contributed by atoms with E-state index in [9.17, 15) is 8.42 Å². The summed E-state index contributed by atoms with van der Waals surface area (Å²) in [4.78, 5) is 8.53. The van der Waals surface area contributed by atoms with E-state index >= 15 is 0 Å². The second-order valence-electron chi connectivity index (χ2n) is 6.22. The molecule has 1 aromatic heterocycles. The van der Waals surface area contributed by atoms with Crippen molar-refractivity contribution in [1.29, 1.82) is 0 Å². The molecule has 4 rings (SSSR count). The first-order valence-corrected chi connectivity index (χ1v) is 10.2. The van der Waals surface area contributed by atoms with Crippen molar-refractivity contribution in [2.24, 2.45) is 10.7 Å². The summed E-state index contributed by atoms with van der Waals surface area (Å²) in [7, 11) is -3.66. The number of nitrogens with two attached hydrogens (primary N) is 1. The molecule has 0 spiro atoms. The molecular weight excluding hydrogens is 392 g/mol. The first kappa shape index (κ1) is 18.8. The Labute approximate surface area is 167 Å². The minimum absolute atomic E-state index is 0.0905. The molecule has 1 aliphatic heterocycles. The number of aromatic nitrogens is 1. The van der Waals surface area contributed by atoms with Crippen LogP contribution in [0.4, 0.5) is 5.69 Å². The summed E-state index contributed by atoms with van der Waals surface area (Å²) in [6, 6.07) is 14.7. The SMILES string of the molecule is NC(=NCc1ccc(S(=O)(=O)c2ccc3c(c2)OCO3)cc1)Nc1ccncc1. The van der Waals surface area contributed by atoms with Gasteiger partial charge in [-0.25, -0.2) is 13.4 Å². The van der Waals surface area contributed by atoms with Gasteiger partial charge in [0.2, 0.25) is 16.6 Å². The first-order chi connectivity index (χ1) is 14.0. The highest BCUT2D eigenvalue weighted by Crippen LogP contribution is 2.35. The maximum absolute atomic E-state index is 12.9. The van der Waals surface area contributed by atoms with Crippen LogP contribution in [0.25, 0.3) is 0 Å². The van der Waals surface area contributed by atoms with E-state index in [0.717, 1.165) is 11.3 Å². The van der Waals surface area contributed by atoms with Crippen LogP contribution in [0.15, 0.2) is 81.8 Å². The van der Waals surface area contributed by atoms with Gasteiger partial charge in [-0.3, -0.25) is 4.98 Å². The predicted molar refractivity (Wildman–Crippen MR) is 108 cm³/mol. The average Bonchev–Trinajstić information content (AvgIpc) is 3.21. The molecule has 148 valence electrons. The quantitative estimate of drug-likeness (QED) is 0.490. The van der Waals surface area contributed by atoms with E-state index in [1.54, 1.807) is 54.9 Å². The molecule has 3 aromatic rings. The molecule has 1 aliphatic rings. The summed E-state index contributed by atoms with van der Waals surface area (Å²) in [5.74, 6) is 1.22. The standard InChI is InChI=1S/C20H18N4O4S/c21-20(24-15-7-9-22-10-8-15)23-12-14-1-3-16(4-2-14)29(25,26)17-5-6-18-19(11-17)28-13-27-18/h1-11H,12-13H2,(H3,21,22,23,24). The van der Waals surface area contributed by atoms with Gasteiger partial charge >= 0.3 is 0 Å². The third kappa shape index (κ3) is 4.14. The summed E-state index contributed by atoms with van der Waals surface area (Å²) in [5, 5.41) is 2.96. The van der Waals surface area contributed by atoms with Gasteiger partial charge in [-0.1, -0.05) is 12.1 Å². The number of pyridine rings is 1. The van der Waals surface area contributed by atoms with Gasteiger partial charge in [0.05, 0.1) is 16.3 Å².